The highest BCUT2D eigenvalue weighted by Gasteiger charge is 2.26. The molecule has 0 atom stereocenters. The van der Waals surface area contributed by atoms with Crippen LogP contribution in [0.1, 0.15) is 15.9 Å². The van der Waals surface area contributed by atoms with Crippen LogP contribution in [0.3, 0.4) is 0 Å². The Balaban J connectivity index is 2.38. The first-order valence-corrected chi connectivity index (χ1v) is 8.82. The number of benzene rings is 2. The summed E-state index contributed by atoms with van der Waals surface area (Å²) in [4.78, 5) is 17.0. The fraction of sp³-hybridized carbons (Fsp3) is 0.235. The Kier molecular flexibility index (Phi) is 5.78. The third kappa shape index (κ3) is 4.16. The molecule has 134 valence electrons. The van der Waals surface area contributed by atoms with Gasteiger partial charge in [0.25, 0.3) is 15.9 Å². The lowest BCUT2D eigenvalue weighted by Crippen LogP contribution is -2.26. The maximum atomic E-state index is 12.5. The van der Waals surface area contributed by atoms with Gasteiger partial charge in [-0.05, 0) is 37.3 Å². The van der Waals surface area contributed by atoms with Crippen LogP contribution in [-0.4, -0.2) is 40.1 Å². The van der Waals surface area contributed by atoms with Crippen LogP contribution in [-0.2, 0) is 14.9 Å². The minimum Gasteiger partial charge on any atom is -0.495 e. The number of hydroxylamine groups is 1. The largest absolute Gasteiger partial charge is 0.495 e. The fourth-order valence-electron chi connectivity index (χ4n) is 2.10. The van der Waals surface area contributed by atoms with Gasteiger partial charge in [-0.1, -0.05) is 22.2 Å². The van der Waals surface area contributed by atoms with Gasteiger partial charge in [-0.2, -0.15) is 0 Å². The number of rotatable bonds is 6. The summed E-state index contributed by atoms with van der Waals surface area (Å²) in [6.07, 6.45) is 0. The van der Waals surface area contributed by atoms with Gasteiger partial charge in [0, 0.05) is 18.3 Å². The van der Waals surface area contributed by atoms with Gasteiger partial charge in [-0.25, -0.2) is 8.42 Å². The van der Waals surface area contributed by atoms with Crippen LogP contribution < -0.4 is 10.1 Å². The van der Waals surface area contributed by atoms with E-state index in [1.54, 1.807) is 12.1 Å². The first-order chi connectivity index (χ1) is 11.8. The summed E-state index contributed by atoms with van der Waals surface area (Å²) in [5.74, 6) is -0.307. The summed E-state index contributed by atoms with van der Waals surface area (Å²) in [5.41, 5.74) is 1.87. The van der Waals surface area contributed by atoms with Crippen molar-refractivity contribution in [2.75, 3.05) is 26.6 Å². The predicted molar refractivity (Wildman–Crippen MR) is 94.1 cm³/mol. The summed E-state index contributed by atoms with van der Waals surface area (Å²) in [6, 6.07) is 11.5. The number of ether oxygens (including phenoxy) is 1. The Morgan fingerprint density at radius 3 is 2.28 bits per heavy atom. The molecule has 0 saturated heterocycles. The SMILES string of the molecule is COc1ccc(C(=O)Nc2ccc(C)cc2)cc1S(=O)(=O)N(C)OC. The number of carbonyl (C=O) groups excluding carboxylic acids is 1. The zero-order valence-electron chi connectivity index (χ0n) is 14.4. The van der Waals surface area contributed by atoms with Crippen molar-refractivity contribution >= 4 is 21.6 Å². The second kappa shape index (κ2) is 7.64. The third-order valence-corrected chi connectivity index (χ3v) is 5.31. The molecule has 0 aliphatic carbocycles. The molecule has 0 fully saturated rings. The lowest BCUT2D eigenvalue weighted by molar-refractivity contribution is -0.0259. The molecule has 0 saturated carbocycles. The second-order valence-electron chi connectivity index (χ2n) is 5.28. The standard InChI is InChI=1S/C17H20N2O5S/c1-12-5-8-14(9-6-12)18-17(20)13-7-10-15(23-3)16(11-13)25(21,22)19(2)24-4/h5-11H,1-4H3,(H,18,20). The Bertz CT molecular complexity index is 863. The van der Waals surface area contributed by atoms with Crippen molar-refractivity contribution in [3.63, 3.8) is 0 Å². The molecule has 0 aromatic heterocycles. The molecule has 0 spiro atoms. The Hall–Kier alpha value is -2.42. The van der Waals surface area contributed by atoms with Crippen LogP contribution in [0, 0.1) is 6.92 Å². The van der Waals surface area contributed by atoms with Gasteiger partial charge in [0.05, 0.1) is 14.2 Å². The zero-order chi connectivity index (χ0) is 18.6. The molecule has 2 aromatic carbocycles. The Labute approximate surface area is 147 Å². The highest BCUT2D eigenvalue weighted by Crippen LogP contribution is 2.27. The van der Waals surface area contributed by atoms with Crippen LogP contribution in [0.4, 0.5) is 5.69 Å². The summed E-state index contributed by atoms with van der Waals surface area (Å²) in [7, 11) is -0.114. The van der Waals surface area contributed by atoms with Crippen molar-refractivity contribution in [2.45, 2.75) is 11.8 Å². The molecule has 0 aliphatic heterocycles. The van der Waals surface area contributed by atoms with E-state index in [0.29, 0.717) is 10.2 Å². The maximum absolute atomic E-state index is 12.5. The normalized spacial score (nSPS) is 11.4. The first kappa shape index (κ1) is 18.9. The monoisotopic (exact) mass is 364 g/mol. The van der Waals surface area contributed by atoms with Crippen LogP contribution in [0.25, 0.3) is 0 Å². The number of sulfonamides is 1. The van der Waals surface area contributed by atoms with E-state index in [4.69, 9.17) is 9.57 Å². The molecule has 25 heavy (non-hydrogen) atoms. The quantitative estimate of drug-likeness (QED) is 0.796. The van der Waals surface area contributed by atoms with Crippen molar-refractivity contribution in [1.29, 1.82) is 0 Å². The molecule has 8 heteroatoms. The van der Waals surface area contributed by atoms with Gasteiger partial charge >= 0.3 is 0 Å². The molecule has 7 nitrogen and oxygen atoms in total. The molecule has 0 radical (unpaired) electrons. The van der Waals surface area contributed by atoms with Crippen LogP contribution in [0.2, 0.25) is 0 Å². The van der Waals surface area contributed by atoms with Crippen molar-refractivity contribution in [1.82, 2.24) is 4.47 Å². The van der Waals surface area contributed by atoms with Gasteiger partial charge in [-0.3, -0.25) is 9.63 Å². The molecule has 0 aliphatic rings. The zero-order valence-corrected chi connectivity index (χ0v) is 15.3. The van der Waals surface area contributed by atoms with E-state index in [9.17, 15) is 13.2 Å². The maximum Gasteiger partial charge on any atom is 0.268 e. The molecule has 0 heterocycles. The lowest BCUT2D eigenvalue weighted by atomic mass is 10.2. The summed E-state index contributed by atoms with van der Waals surface area (Å²) in [5, 5.41) is 2.73. The first-order valence-electron chi connectivity index (χ1n) is 7.38. The van der Waals surface area contributed by atoms with Crippen molar-refractivity contribution in [3.05, 3.63) is 53.6 Å². The number of carbonyl (C=O) groups is 1. The van der Waals surface area contributed by atoms with Gasteiger partial charge < -0.3 is 10.1 Å². The second-order valence-corrected chi connectivity index (χ2v) is 7.19. The lowest BCUT2D eigenvalue weighted by Gasteiger charge is -2.17. The van der Waals surface area contributed by atoms with E-state index in [0.717, 1.165) is 5.56 Å². The molecule has 1 N–H and O–H groups in total. The van der Waals surface area contributed by atoms with E-state index in [-0.39, 0.29) is 16.2 Å². The smallest absolute Gasteiger partial charge is 0.268 e. The Morgan fingerprint density at radius 2 is 1.72 bits per heavy atom. The number of hydrogen-bond acceptors (Lipinski definition) is 5. The van der Waals surface area contributed by atoms with E-state index in [1.165, 1.54) is 39.5 Å². The highest BCUT2D eigenvalue weighted by molar-refractivity contribution is 7.89. The number of aryl methyl sites for hydroxylation is 1. The number of methoxy groups -OCH3 is 1. The molecule has 2 rings (SSSR count). The Morgan fingerprint density at radius 1 is 1.08 bits per heavy atom. The molecular weight excluding hydrogens is 344 g/mol. The van der Waals surface area contributed by atoms with E-state index in [1.807, 2.05) is 19.1 Å². The number of hydrogen-bond donors (Lipinski definition) is 1. The fourth-order valence-corrected chi connectivity index (χ4v) is 3.25. The molecular formula is C17H20N2O5S. The topological polar surface area (TPSA) is 84.9 Å². The van der Waals surface area contributed by atoms with E-state index < -0.39 is 15.9 Å². The summed E-state index contributed by atoms with van der Waals surface area (Å²) >= 11 is 0. The molecule has 1 amide bonds. The highest BCUT2D eigenvalue weighted by atomic mass is 32.2. The van der Waals surface area contributed by atoms with Gasteiger partial charge in [0.1, 0.15) is 10.6 Å². The number of amides is 1. The van der Waals surface area contributed by atoms with Crippen molar-refractivity contribution in [2.24, 2.45) is 0 Å². The summed E-state index contributed by atoms with van der Waals surface area (Å²) in [6.45, 7) is 1.94. The number of nitrogens with one attached hydrogen (secondary N) is 1. The minimum atomic E-state index is -3.96. The summed E-state index contributed by atoms with van der Waals surface area (Å²) < 4.78 is 30.8. The minimum absolute atomic E-state index is 0.121. The van der Waals surface area contributed by atoms with Gasteiger partial charge in [0.15, 0.2) is 0 Å². The van der Waals surface area contributed by atoms with Crippen LogP contribution >= 0.6 is 0 Å². The van der Waals surface area contributed by atoms with E-state index >= 15 is 0 Å². The van der Waals surface area contributed by atoms with Gasteiger partial charge in [0.2, 0.25) is 0 Å². The molecule has 0 unspecified atom stereocenters. The van der Waals surface area contributed by atoms with Crippen LogP contribution in [0.15, 0.2) is 47.4 Å². The van der Waals surface area contributed by atoms with E-state index in [2.05, 4.69) is 5.32 Å². The number of nitrogens with zero attached hydrogens (tertiary/aromatic N) is 1. The average Bonchev–Trinajstić information content (AvgIpc) is 2.62. The van der Waals surface area contributed by atoms with Gasteiger partial charge in [-0.15, -0.1) is 0 Å². The molecule has 0 bridgehead atoms. The van der Waals surface area contributed by atoms with Crippen molar-refractivity contribution < 1.29 is 22.8 Å². The molecule has 2 aromatic rings. The average molecular weight is 364 g/mol. The third-order valence-electron chi connectivity index (χ3n) is 3.61. The van der Waals surface area contributed by atoms with Crippen molar-refractivity contribution in [3.8, 4) is 5.75 Å². The number of anilines is 1. The van der Waals surface area contributed by atoms with Crippen LogP contribution in [0.5, 0.6) is 5.75 Å². The predicted octanol–water partition coefficient (Wildman–Crippen LogP) is 2.44.